The second-order valence-corrected chi connectivity index (χ2v) is 15.3. The second-order valence-electron chi connectivity index (χ2n) is 15.3. The standard InChI is InChI=1S/C48H86O6/c1-4-7-10-13-16-19-22-24-26-29-32-35-38-41-47(50)53-44-45(43-52-46(49)40-37-34-31-28-21-18-15-12-9-6-3)54-48(51)42-39-36-33-30-27-25-23-20-17-14-11-8-5-2/h15,18,24,26,32,35,45H,4-14,16-17,19-23,25,27-31,33-34,36-44H2,1-3H3/b18-15-,26-24-,35-32-. The van der Waals surface area contributed by atoms with Crippen molar-refractivity contribution in [1.29, 1.82) is 0 Å². The largest absolute Gasteiger partial charge is 0.462 e. The lowest BCUT2D eigenvalue weighted by Gasteiger charge is -2.18. The Bertz CT molecular complexity index is 922. The van der Waals surface area contributed by atoms with Gasteiger partial charge in [-0.25, -0.2) is 0 Å². The van der Waals surface area contributed by atoms with E-state index in [1.165, 1.54) is 116 Å². The summed E-state index contributed by atoms with van der Waals surface area (Å²) in [6.07, 6.45) is 48.5. The molecule has 0 fully saturated rings. The molecule has 0 aromatic carbocycles. The average Bonchev–Trinajstić information content (AvgIpc) is 3.17. The summed E-state index contributed by atoms with van der Waals surface area (Å²) in [5.41, 5.74) is 0. The van der Waals surface area contributed by atoms with Crippen molar-refractivity contribution in [2.24, 2.45) is 0 Å². The first-order chi connectivity index (χ1) is 26.5. The highest BCUT2D eigenvalue weighted by atomic mass is 16.6. The Morgan fingerprint density at radius 1 is 0.370 bits per heavy atom. The van der Waals surface area contributed by atoms with E-state index >= 15 is 0 Å². The van der Waals surface area contributed by atoms with E-state index in [1.54, 1.807) is 0 Å². The summed E-state index contributed by atoms with van der Waals surface area (Å²) in [6.45, 7) is 6.52. The van der Waals surface area contributed by atoms with Crippen LogP contribution in [0.5, 0.6) is 0 Å². The van der Waals surface area contributed by atoms with Gasteiger partial charge in [0, 0.05) is 19.3 Å². The first kappa shape index (κ1) is 51.6. The van der Waals surface area contributed by atoms with Crippen LogP contribution >= 0.6 is 0 Å². The van der Waals surface area contributed by atoms with Crippen molar-refractivity contribution in [1.82, 2.24) is 0 Å². The molecule has 0 saturated carbocycles. The van der Waals surface area contributed by atoms with Gasteiger partial charge in [0.25, 0.3) is 0 Å². The molecule has 0 spiro atoms. The van der Waals surface area contributed by atoms with Gasteiger partial charge in [0.05, 0.1) is 0 Å². The highest BCUT2D eigenvalue weighted by Crippen LogP contribution is 2.14. The predicted octanol–water partition coefficient (Wildman–Crippen LogP) is 14.6. The minimum atomic E-state index is -0.792. The first-order valence-corrected chi connectivity index (χ1v) is 23.0. The third-order valence-corrected chi connectivity index (χ3v) is 9.88. The Balaban J connectivity index is 4.43. The Labute approximate surface area is 334 Å². The van der Waals surface area contributed by atoms with E-state index in [0.29, 0.717) is 19.3 Å². The van der Waals surface area contributed by atoms with Crippen LogP contribution in [0.3, 0.4) is 0 Å². The average molecular weight is 759 g/mol. The molecule has 314 valence electrons. The molecule has 6 heteroatoms. The van der Waals surface area contributed by atoms with Crippen LogP contribution in [0, 0.1) is 0 Å². The molecule has 0 aromatic heterocycles. The van der Waals surface area contributed by atoms with Gasteiger partial charge in [0.1, 0.15) is 13.2 Å². The molecule has 54 heavy (non-hydrogen) atoms. The lowest BCUT2D eigenvalue weighted by molar-refractivity contribution is -0.166. The van der Waals surface area contributed by atoms with E-state index < -0.39 is 6.10 Å². The Kier molecular flexibility index (Phi) is 41.5. The highest BCUT2D eigenvalue weighted by Gasteiger charge is 2.19. The molecule has 0 heterocycles. The van der Waals surface area contributed by atoms with Crippen molar-refractivity contribution in [2.75, 3.05) is 13.2 Å². The molecule has 0 amide bonds. The zero-order valence-corrected chi connectivity index (χ0v) is 35.7. The van der Waals surface area contributed by atoms with Gasteiger partial charge < -0.3 is 14.2 Å². The highest BCUT2D eigenvalue weighted by molar-refractivity contribution is 5.71. The minimum Gasteiger partial charge on any atom is -0.462 e. The quantitative estimate of drug-likeness (QED) is 0.0267. The van der Waals surface area contributed by atoms with Crippen molar-refractivity contribution >= 4 is 17.9 Å². The Hall–Kier alpha value is -2.37. The van der Waals surface area contributed by atoms with Crippen LogP contribution in [0.1, 0.15) is 233 Å². The maximum atomic E-state index is 12.7. The van der Waals surface area contributed by atoms with Gasteiger partial charge in [-0.2, -0.15) is 0 Å². The summed E-state index contributed by atoms with van der Waals surface area (Å²) < 4.78 is 16.6. The second kappa shape index (κ2) is 43.4. The van der Waals surface area contributed by atoms with Crippen molar-refractivity contribution in [3.05, 3.63) is 36.5 Å². The molecule has 1 atom stereocenters. The smallest absolute Gasteiger partial charge is 0.306 e. The lowest BCUT2D eigenvalue weighted by atomic mass is 10.0. The van der Waals surface area contributed by atoms with E-state index in [0.717, 1.165) is 70.6 Å². The van der Waals surface area contributed by atoms with Crippen LogP contribution in [0.4, 0.5) is 0 Å². The summed E-state index contributed by atoms with van der Waals surface area (Å²) in [6, 6.07) is 0. The Morgan fingerprint density at radius 2 is 0.722 bits per heavy atom. The summed E-state index contributed by atoms with van der Waals surface area (Å²) in [5.74, 6) is -0.974. The zero-order chi connectivity index (χ0) is 39.4. The van der Waals surface area contributed by atoms with E-state index in [-0.39, 0.29) is 37.5 Å². The molecule has 0 radical (unpaired) electrons. The normalized spacial score (nSPS) is 12.3. The maximum absolute atomic E-state index is 12.7. The van der Waals surface area contributed by atoms with Crippen molar-refractivity contribution < 1.29 is 28.6 Å². The molecule has 0 aliphatic carbocycles. The predicted molar refractivity (Wildman–Crippen MR) is 229 cm³/mol. The molecular formula is C48H86O6. The van der Waals surface area contributed by atoms with Gasteiger partial charge in [-0.3, -0.25) is 14.4 Å². The third kappa shape index (κ3) is 40.8. The number of esters is 3. The summed E-state index contributed by atoms with van der Waals surface area (Å²) in [5, 5.41) is 0. The van der Waals surface area contributed by atoms with Crippen LogP contribution < -0.4 is 0 Å². The Morgan fingerprint density at radius 3 is 1.20 bits per heavy atom. The van der Waals surface area contributed by atoms with Crippen LogP contribution in [0.15, 0.2) is 36.5 Å². The molecule has 0 aliphatic heterocycles. The minimum absolute atomic E-state index is 0.0933. The topological polar surface area (TPSA) is 78.9 Å². The molecule has 0 saturated heterocycles. The number of allylic oxidation sites excluding steroid dienone is 6. The number of rotatable bonds is 41. The van der Waals surface area contributed by atoms with Crippen LogP contribution in [-0.4, -0.2) is 37.2 Å². The van der Waals surface area contributed by atoms with E-state index in [4.69, 9.17) is 14.2 Å². The maximum Gasteiger partial charge on any atom is 0.306 e. The molecular weight excluding hydrogens is 673 g/mol. The van der Waals surface area contributed by atoms with Gasteiger partial charge >= 0.3 is 17.9 Å². The molecule has 0 aliphatic rings. The summed E-state index contributed by atoms with van der Waals surface area (Å²) in [4.78, 5) is 37.6. The molecule has 1 unspecified atom stereocenters. The van der Waals surface area contributed by atoms with Gasteiger partial charge in [-0.15, -0.1) is 0 Å². The van der Waals surface area contributed by atoms with Crippen LogP contribution in [0.25, 0.3) is 0 Å². The van der Waals surface area contributed by atoms with Crippen LogP contribution in [0.2, 0.25) is 0 Å². The molecule has 0 rings (SSSR count). The monoisotopic (exact) mass is 759 g/mol. The lowest BCUT2D eigenvalue weighted by Crippen LogP contribution is -2.30. The fourth-order valence-electron chi connectivity index (χ4n) is 6.36. The molecule has 6 nitrogen and oxygen atoms in total. The van der Waals surface area contributed by atoms with Gasteiger partial charge in [0.2, 0.25) is 0 Å². The third-order valence-electron chi connectivity index (χ3n) is 9.88. The summed E-state index contributed by atoms with van der Waals surface area (Å²) in [7, 11) is 0. The van der Waals surface area contributed by atoms with Crippen molar-refractivity contribution in [3.8, 4) is 0 Å². The van der Waals surface area contributed by atoms with Crippen molar-refractivity contribution in [3.63, 3.8) is 0 Å². The number of ether oxygens (including phenoxy) is 3. The van der Waals surface area contributed by atoms with Crippen LogP contribution in [-0.2, 0) is 28.6 Å². The van der Waals surface area contributed by atoms with Crippen molar-refractivity contribution in [2.45, 2.75) is 239 Å². The van der Waals surface area contributed by atoms with Gasteiger partial charge in [-0.1, -0.05) is 192 Å². The first-order valence-electron chi connectivity index (χ1n) is 23.0. The number of unbranched alkanes of at least 4 members (excludes halogenated alkanes) is 24. The van der Waals surface area contributed by atoms with E-state index in [2.05, 4.69) is 51.2 Å². The fraction of sp³-hybridized carbons (Fsp3) is 0.812. The fourth-order valence-corrected chi connectivity index (χ4v) is 6.36. The zero-order valence-electron chi connectivity index (χ0n) is 35.7. The molecule has 0 bridgehead atoms. The number of hydrogen-bond donors (Lipinski definition) is 0. The number of carbonyl (C=O) groups is 3. The van der Waals surface area contributed by atoms with E-state index in [9.17, 15) is 14.4 Å². The molecule has 0 N–H and O–H groups in total. The van der Waals surface area contributed by atoms with E-state index in [1.807, 2.05) is 6.08 Å². The number of carbonyl (C=O) groups excluding carboxylic acids is 3. The SMILES string of the molecule is CCCC/C=C\CCCCCCC(=O)OCC(COC(=O)CC/C=C\C/C=C\CCCCCCCC)OC(=O)CCCCCCCCCCCCCCC. The summed E-state index contributed by atoms with van der Waals surface area (Å²) >= 11 is 0. The number of hydrogen-bond acceptors (Lipinski definition) is 6. The molecule has 0 aromatic rings. The van der Waals surface area contributed by atoms with Gasteiger partial charge in [-0.05, 0) is 57.8 Å². The van der Waals surface area contributed by atoms with Gasteiger partial charge in [0.15, 0.2) is 6.10 Å².